The van der Waals surface area contributed by atoms with Crippen LogP contribution in [-0.2, 0) is 18.7 Å². The molecule has 55 heavy (non-hydrogen) atoms. The van der Waals surface area contributed by atoms with Crippen LogP contribution in [0.15, 0.2) is 150 Å². The molecule has 0 aliphatic carbocycles. The van der Waals surface area contributed by atoms with Crippen molar-refractivity contribution < 1.29 is 39.1 Å². The normalized spacial score (nSPS) is 11.7. The van der Waals surface area contributed by atoms with E-state index in [1.807, 2.05) is 32.0 Å². The largest absolute Gasteiger partial charge is 0.505 e. The Morgan fingerprint density at radius 2 is 1.20 bits per heavy atom. The van der Waals surface area contributed by atoms with Crippen LogP contribution in [0.3, 0.4) is 0 Å². The summed E-state index contributed by atoms with van der Waals surface area (Å²) in [7, 11) is 0. The molecular weight excluding hydrogens is 749 g/mol. The van der Waals surface area contributed by atoms with Gasteiger partial charge in [-0.2, -0.15) is 25.6 Å². The number of aryl methyl sites for hydroxylation is 2. The number of nitrogen functional groups attached to an aromatic ring is 1. The molecule has 16 nitrogen and oxygen atoms in total. The Labute approximate surface area is 322 Å². The van der Waals surface area contributed by atoms with Gasteiger partial charge in [-0.25, -0.2) is 10.5 Å². The zero-order valence-corrected chi connectivity index (χ0v) is 30.7. The molecular formula is C37H32N8O8S2. The van der Waals surface area contributed by atoms with E-state index in [-0.39, 0.29) is 18.2 Å². The van der Waals surface area contributed by atoms with Crippen molar-refractivity contribution in [1.82, 2.24) is 0 Å². The molecule has 0 radical (unpaired) electrons. The SMILES string of the molecule is Cc1cc(N=Nc2c(SOOO)cc3cc(NCOc4ccc(N)cc4)ccc3c2O)c(C)cc1N=Nc1ccc(N=Nc2ccc(SOOO)cc2)cc1. The summed E-state index contributed by atoms with van der Waals surface area (Å²) < 4.78 is 14.8. The zero-order valence-electron chi connectivity index (χ0n) is 29.1. The molecule has 0 saturated heterocycles. The number of hydrogen-bond donors (Lipinski definition) is 5. The number of hydrogen-bond acceptors (Lipinski definition) is 18. The van der Waals surface area contributed by atoms with Crippen molar-refractivity contribution in [3.8, 4) is 11.5 Å². The van der Waals surface area contributed by atoms with Gasteiger partial charge in [0.1, 0.15) is 11.4 Å². The van der Waals surface area contributed by atoms with E-state index in [1.54, 1.807) is 91.0 Å². The second kappa shape index (κ2) is 18.9. The molecule has 6 N–H and O–H groups in total. The Hall–Kier alpha value is -5.96. The minimum Gasteiger partial charge on any atom is -0.505 e. The lowest BCUT2D eigenvalue weighted by molar-refractivity contribution is -0.432. The minimum atomic E-state index is -0.142. The summed E-state index contributed by atoms with van der Waals surface area (Å²) in [5, 5.41) is 66.2. The van der Waals surface area contributed by atoms with E-state index in [2.05, 4.69) is 50.4 Å². The van der Waals surface area contributed by atoms with Crippen LogP contribution >= 0.6 is 24.1 Å². The Balaban J connectivity index is 1.13. The van der Waals surface area contributed by atoms with Crippen molar-refractivity contribution in [2.45, 2.75) is 23.6 Å². The van der Waals surface area contributed by atoms with Gasteiger partial charge in [-0.05, 0) is 140 Å². The van der Waals surface area contributed by atoms with E-state index in [1.165, 1.54) is 0 Å². The molecule has 0 spiro atoms. The van der Waals surface area contributed by atoms with Gasteiger partial charge in [0.05, 0.1) is 57.4 Å². The molecule has 0 atom stereocenters. The molecule has 18 heteroatoms. The third-order valence-corrected chi connectivity index (χ3v) is 8.99. The fourth-order valence-corrected chi connectivity index (χ4v) is 5.83. The van der Waals surface area contributed by atoms with E-state index in [9.17, 15) is 5.11 Å². The molecule has 6 aromatic carbocycles. The van der Waals surface area contributed by atoms with Crippen LogP contribution in [-0.4, -0.2) is 22.4 Å². The van der Waals surface area contributed by atoms with Crippen molar-refractivity contribution in [2.24, 2.45) is 30.7 Å². The minimum absolute atomic E-state index is 0.114. The summed E-state index contributed by atoms with van der Waals surface area (Å²) in [6.07, 6.45) is 0. The number of nitrogens with zero attached hydrogens (tertiary/aromatic N) is 6. The monoisotopic (exact) mass is 780 g/mol. The lowest BCUT2D eigenvalue weighted by atomic mass is 10.1. The molecule has 0 aliphatic heterocycles. The third kappa shape index (κ3) is 10.6. The number of azo groups is 3. The number of nitrogens with two attached hydrogens (primary N) is 1. The number of phenols is 1. The number of ether oxygens (including phenoxy) is 1. The first-order chi connectivity index (χ1) is 26.8. The van der Waals surface area contributed by atoms with Crippen LogP contribution in [0.1, 0.15) is 11.1 Å². The lowest BCUT2D eigenvalue weighted by Gasteiger charge is -2.12. The Kier molecular flexibility index (Phi) is 13.3. The van der Waals surface area contributed by atoms with Crippen molar-refractivity contribution >= 4 is 80.4 Å². The molecule has 0 bridgehead atoms. The van der Waals surface area contributed by atoms with Crippen molar-refractivity contribution in [3.63, 3.8) is 0 Å². The molecule has 0 amide bonds. The molecule has 0 heterocycles. The lowest BCUT2D eigenvalue weighted by Crippen LogP contribution is -2.08. The second-order valence-electron chi connectivity index (χ2n) is 11.5. The maximum absolute atomic E-state index is 11.3. The molecule has 6 rings (SSSR count). The molecule has 280 valence electrons. The van der Waals surface area contributed by atoms with Gasteiger partial charge in [0.2, 0.25) is 0 Å². The van der Waals surface area contributed by atoms with Crippen LogP contribution < -0.4 is 15.8 Å². The summed E-state index contributed by atoms with van der Waals surface area (Å²) in [5.74, 6) is 0.517. The Morgan fingerprint density at radius 1 is 0.636 bits per heavy atom. The zero-order chi connectivity index (χ0) is 38.6. The van der Waals surface area contributed by atoms with Crippen LogP contribution in [0.2, 0.25) is 0 Å². The smallest absolute Gasteiger partial charge is 0.159 e. The maximum Gasteiger partial charge on any atom is 0.159 e. The summed E-state index contributed by atoms with van der Waals surface area (Å²) in [5.41, 5.74) is 11.8. The van der Waals surface area contributed by atoms with Crippen molar-refractivity contribution in [1.29, 1.82) is 0 Å². The number of benzene rings is 6. The van der Waals surface area contributed by atoms with E-state index in [4.69, 9.17) is 25.3 Å². The van der Waals surface area contributed by atoms with Crippen LogP contribution in [0.25, 0.3) is 10.8 Å². The molecule has 0 aromatic heterocycles. The van der Waals surface area contributed by atoms with Gasteiger partial charge in [-0.15, -0.1) is 13.8 Å². The fourth-order valence-electron chi connectivity index (χ4n) is 4.98. The summed E-state index contributed by atoms with van der Waals surface area (Å²) >= 11 is 1.51. The quantitative estimate of drug-likeness (QED) is 0.0155. The van der Waals surface area contributed by atoms with Gasteiger partial charge < -0.3 is 20.9 Å². The van der Waals surface area contributed by atoms with Gasteiger partial charge in [-0.3, -0.25) is 0 Å². The first-order valence-corrected chi connectivity index (χ1v) is 17.7. The maximum atomic E-state index is 11.3. The van der Waals surface area contributed by atoms with E-state index >= 15 is 0 Å². The van der Waals surface area contributed by atoms with Crippen LogP contribution in [0, 0.1) is 13.8 Å². The fraction of sp³-hybridized carbons (Fsp3) is 0.0811. The number of nitrogens with one attached hydrogen (secondary N) is 1. The van der Waals surface area contributed by atoms with E-state index in [0.29, 0.717) is 72.5 Å². The highest BCUT2D eigenvalue weighted by atomic mass is 32.2. The summed E-state index contributed by atoms with van der Waals surface area (Å²) in [6, 6.07) is 31.9. The average Bonchev–Trinajstić information content (AvgIpc) is 3.20. The van der Waals surface area contributed by atoms with Crippen molar-refractivity contribution in [2.75, 3.05) is 17.8 Å². The number of aromatic hydroxyl groups is 1. The summed E-state index contributed by atoms with van der Waals surface area (Å²) in [6.45, 7) is 3.93. The first kappa shape index (κ1) is 38.8. The Bertz CT molecular complexity index is 2330. The molecule has 0 fully saturated rings. The van der Waals surface area contributed by atoms with Crippen molar-refractivity contribution in [3.05, 3.63) is 120 Å². The summed E-state index contributed by atoms with van der Waals surface area (Å²) in [4.78, 5) is 1.05. The number of anilines is 2. The van der Waals surface area contributed by atoms with E-state index in [0.717, 1.165) is 28.9 Å². The predicted molar refractivity (Wildman–Crippen MR) is 208 cm³/mol. The van der Waals surface area contributed by atoms with Crippen LogP contribution in [0.5, 0.6) is 11.5 Å². The van der Waals surface area contributed by atoms with Gasteiger partial charge >= 0.3 is 0 Å². The highest BCUT2D eigenvalue weighted by molar-refractivity contribution is 7.94. The predicted octanol–water partition coefficient (Wildman–Crippen LogP) is 12.3. The van der Waals surface area contributed by atoms with Gasteiger partial charge in [0.25, 0.3) is 0 Å². The van der Waals surface area contributed by atoms with Gasteiger partial charge in [0, 0.05) is 21.7 Å². The molecule has 6 aromatic rings. The highest BCUT2D eigenvalue weighted by Crippen LogP contribution is 2.45. The van der Waals surface area contributed by atoms with E-state index < -0.39 is 0 Å². The number of phenolic OH excluding ortho intramolecular Hbond substituents is 1. The second-order valence-corrected chi connectivity index (χ2v) is 13.0. The number of fused-ring (bicyclic) bond motifs is 1. The molecule has 0 aliphatic rings. The molecule has 0 saturated carbocycles. The van der Waals surface area contributed by atoms with Gasteiger partial charge in [0.15, 0.2) is 12.5 Å². The number of rotatable bonds is 16. The Morgan fingerprint density at radius 3 is 1.82 bits per heavy atom. The first-order valence-electron chi connectivity index (χ1n) is 16.2. The average molecular weight is 781 g/mol. The molecule has 0 unspecified atom stereocenters. The van der Waals surface area contributed by atoms with Gasteiger partial charge in [-0.1, -0.05) is 10.1 Å². The highest BCUT2D eigenvalue weighted by Gasteiger charge is 2.16. The van der Waals surface area contributed by atoms with Crippen LogP contribution in [0.4, 0.5) is 45.5 Å². The standard InChI is InChI=1S/C37H32N8O8S2/c1-22-18-34(23(2)17-33(22)43-42-27-7-5-26(6-8-27)40-41-28-9-14-31(15-10-28)54-52-50-47)44-45-36-35(55-53-51-48)20-24-19-29(11-16-32(24)37(36)46)39-21-49-30-12-3-25(38)4-13-30/h3-20,39,46-48H,21,38H2,1-2H3. The topological polar surface area (TPSA) is 219 Å². The third-order valence-electron chi connectivity index (χ3n) is 7.77.